The SMILES string of the molecule is Cc1cccc(Nc2nc(-c3cccc(Br)c3)cs2)n1. The molecule has 3 nitrogen and oxygen atoms in total. The third kappa shape index (κ3) is 3.05. The molecule has 0 saturated heterocycles. The van der Waals surface area contributed by atoms with Crippen LogP contribution in [-0.2, 0) is 0 Å². The predicted octanol–water partition coefficient (Wildman–Crippen LogP) is 5.02. The molecule has 0 radical (unpaired) electrons. The number of thiazole rings is 1. The van der Waals surface area contributed by atoms with Gasteiger partial charge in [-0.25, -0.2) is 9.97 Å². The van der Waals surface area contributed by atoms with Gasteiger partial charge in [0.25, 0.3) is 0 Å². The summed E-state index contributed by atoms with van der Waals surface area (Å²) in [7, 11) is 0. The van der Waals surface area contributed by atoms with Crippen LogP contribution < -0.4 is 5.32 Å². The van der Waals surface area contributed by atoms with E-state index in [2.05, 4.69) is 43.3 Å². The number of halogens is 1. The van der Waals surface area contributed by atoms with Gasteiger partial charge >= 0.3 is 0 Å². The number of nitrogens with zero attached hydrogens (tertiary/aromatic N) is 2. The molecule has 0 aliphatic heterocycles. The van der Waals surface area contributed by atoms with Gasteiger partial charge in [0, 0.05) is 21.1 Å². The number of anilines is 2. The van der Waals surface area contributed by atoms with Crippen LogP contribution in [0.15, 0.2) is 52.3 Å². The number of rotatable bonds is 3. The summed E-state index contributed by atoms with van der Waals surface area (Å²) < 4.78 is 1.05. The van der Waals surface area contributed by atoms with Crippen LogP contribution in [0.2, 0.25) is 0 Å². The van der Waals surface area contributed by atoms with E-state index in [-0.39, 0.29) is 0 Å². The van der Waals surface area contributed by atoms with E-state index in [0.29, 0.717) is 0 Å². The molecule has 0 saturated carbocycles. The van der Waals surface area contributed by atoms with Crippen molar-refractivity contribution in [2.45, 2.75) is 6.92 Å². The van der Waals surface area contributed by atoms with E-state index in [9.17, 15) is 0 Å². The predicted molar refractivity (Wildman–Crippen MR) is 87.5 cm³/mol. The average molecular weight is 346 g/mol. The van der Waals surface area contributed by atoms with Gasteiger partial charge in [-0.15, -0.1) is 11.3 Å². The number of hydrogen-bond acceptors (Lipinski definition) is 4. The molecule has 3 rings (SSSR count). The Morgan fingerprint density at radius 2 is 1.95 bits per heavy atom. The first-order valence-electron chi connectivity index (χ1n) is 6.13. The van der Waals surface area contributed by atoms with Crippen molar-refractivity contribution in [3.05, 3.63) is 58.0 Å². The normalized spacial score (nSPS) is 10.5. The molecule has 1 N–H and O–H groups in total. The highest BCUT2D eigenvalue weighted by Crippen LogP contribution is 2.28. The minimum Gasteiger partial charge on any atom is -0.316 e. The van der Waals surface area contributed by atoms with Crippen molar-refractivity contribution in [3.8, 4) is 11.3 Å². The van der Waals surface area contributed by atoms with Crippen molar-refractivity contribution in [1.82, 2.24) is 9.97 Å². The van der Waals surface area contributed by atoms with Crippen LogP contribution in [0.1, 0.15) is 5.69 Å². The highest BCUT2D eigenvalue weighted by Gasteiger charge is 2.05. The molecule has 0 atom stereocenters. The summed E-state index contributed by atoms with van der Waals surface area (Å²) in [6, 6.07) is 14.0. The van der Waals surface area contributed by atoms with Crippen LogP contribution in [0.5, 0.6) is 0 Å². The molecule has 0 bridgehead atoms. The Morgan fingerprint density at radius 1 is 1.10 bits per heavy atom. The highest BCUT2D eigenvalue weighted by atomic mass is 79.9. The summed E-state index contributed by atoms with van der Waals surface area (Å²) in [5.41, 5.74) is 3.05. The van der Waals surface area contributed by atoms with Gasteiger partial charge < -0.3 is 5.32 Å². The summed E-state index contributed by atoms with van der Waals surface area (Å²) in [5, 5.41) is 6.12. The first kappa shape index (κ1) is 13.3. The standard InChI is InChI=1S/C15H12BrN3S/c1-10-4-2-7-14(17-10)19-15-18-13(9-20-15)11-5-3-6-12(16)8-11/h2-9H,1H3,(H,17,18,19). The van der Waals surface area contributed by atoms with Crippen molar-refractivity contribution in [3.63, 3.8) is 0 Å². The zero-order valence-electron chi connectivity index (χ0n) is 10.8. The Labute approximate surface area is 129 Å². The van der Waals surface area contributed by atoms with Gasteiger partial charge in [-0.2, -0.15) is 0 Å². The Bertz CT molecular complexity index is 739. The van der Waals surface area contributed by atoms with Crippen LogP contribution in [0.3, 0.4) is 0 Å². The first-order valence-corrected chi connectivity index (χ1v) is 7.80. The molecule has 100 valence electrons. The fourth-order valence-corrected chi connectivity index (χ4v) is 2.96. The maximum absolute atomic E-state index is 4.59. The first-order chi connectivity index (χ1) is 9.70. The molecule has 0 fully saturated rings. The van der Waals surface area contributed by atoms with Gasteiger partial charge in [0.2, 0.25) is 0 Å². The lowest BCUT2D eigenvalue weighted by Crippen LogP contribution is -1.93. The Morgan fingerprint density at radius 3 is 2.75 bits per heavy atom. The zero-order chi connectivity index (χ0) is 13.9. The van der Waals surface area contributed by atoms with Gasteiger partial charge in [-0.3, -0.25) is 0 Å². The molecule has 0 aliphatic rings. The Hall–Kier alpha value is -1.72. The summed E-state index contributed by atoms with van der Waals surface area (Å²) in [4.78, 5) is 9.01. The van der Waals surface area contributed by atoms with E-state index in [0.717, 1.165) is 32.4 Å². The number of hydrogen-bond donors (Lipinski definition) is 1. The largest absolute Gasteiger partial charge is 0.316 e. The van der Waals surface area contributed by atoms with Gasteiger partial charge in [0.1, 0.15) is 5.82 Å². The van der Waals surface area contributed by atoms with Gasteiger partial charge in [-0.1, -0.05) is 34.1 Å². The van der Waals surface area contributed by atoms with E-state index in [1.165, 1.54) is 0 Å². The summed E-state index contributed by atoms with van der Waals surface area (Å²) in [6.07, 6.45) is 0. The monoisotopic (exact) mass is 345 g/mol. The van der Waals surface area contributed by atoms with Crippen LogP contribution in [0.25, 0.3) is 11.3 Å². The number of pyridine rings is 1. The lowest BCUT2D eigenvalue weighted by Gasteiger charge is -2.02. The molecule has 3 aromatic rings. The molecule has 20 heavy (non-hydrogen) atoms. The minimum atomic E-state index is 0.820. The molecular weight excluding hydrogens is 334 g/mol. The lowest BCUT2D eigenvalue weighted by molar-refractivity contribution is 1.19. The molecule has 0 aliphatic carbocycles. The van der Waals surface area contributed by atoms with Gasteiger partial charge in [0.05, 0.1) is 5.69 Å². The van der Waals surface area contributed by atoms with E-state index >= 15 is 0 Å². The molecule has 2 heterocycles. The summed E-state index contributed by atoms with van der Waals surface area (Å²) in [6.45, 7) is 1.97. The lowest BCUT2D eigenvalue weighted by atomic mass is 10.2. The van der Waals surface area contributed by atoms with Crippen molar-refractivity contribution in [1.29, 1.82) is 0 Å². The quantitative estimate of drug-likeness (QED) is 0.724. The van der Waals surface area contributed by atoms with Crippen molar-refractivity contribution >= 4 is 38.2 Å². The zero-order valence-corrected chi connectivity index (χ0v) is 13.2. The molecule has 5 heteroatoms. The third-order valence-corrected chi connectivity index (χ3v) is 4.00. The van der Waals surface area contributed by atoms with Crippen LogP contribution in [0, 0.1) is 6.92 Å². The molecule has 0 amide bonds. The van der Waals surface area contributed by atoms with E-state index < -0.39 is 0 Å². The number of aryl methyl sites for hydroxylation is 1. The van der Waals surface area contributed by atoms with Crippen LogP contribution in [0.4, 0.5) is 10.9 Å². The highest BCUT2D eigenvalue weighted by molar-refractivity contribution is 9.10. The number of aromatic nitrogens is 2. The maximum atomic E-state index is 4.59. The second-order valence-corrected chi connectivity index (χ2v) is 6.11. The average Bonchev–Trinajstić information content (AvgIpc) is 2.87. The molecule has 2 aromatic heterocycles. The number of benzene rings is 1. The fourth-order valence-electron chi connectivity index (χ4n) is 1.83. The van der Waals surface area contributed by atoms with E-state index in [1.54, 1.807) is 11.3 Å². The summed E-state index contributed by atoms with van der Waals surface area (Å²) in [5.74, 6) is 0.820. The fraction of sp³-hybridized carbons (Fsp3) is 0.0667. The Kier molecular flexibility index (Phi) is 3.80. The topological polar surface area (TPSA) is 37.8 Å². The Balaban J connectivity index is 1.84. The molecule has 0 unspecified atom stereocenters. The molecule has 1 aromatic carbocycles. The van der Waals surface area contributed by atoms with Crippen molar-refractivity contribution in [2.75, 3.05) is 5.32 Å². The van der Waals surface area contributed by atoms with E-state index in [1.807, 2.05) is 42.6 Å². The third-order valence-electron chi connectivity index (χ3n) is 2.75. The van der Waals surface area contributed by atoms with Gasteiger partial charge in [0.15, 0.2) is 5.13 Å². The second-order valence-electron chi connectivity index (χ2n) is 4.34. The van der Waals surface area contributed by atoms with Crippen molar-refractivity contribution < 1.29 is 0 Å². The van der Waals surface area contributed by atoms with Crippen molar-refractivity contribution in [2.24, 2.45) is 0 Å². The molecule has 0 spiro atoms. The smallest absolute Gasteiger partial charge is 0.188 e. The summed E-state index contributed by atoms with van der Waals surface area (Å²) >= 11 is 5.05. The second kappa shape index (κ2) is 5.73. The minimum absolute atomic E-state index is 0.820. The van der Waals surface area contributed by atoms with Crippen LogP contribution in [-0.4, -0.2) is 9.97 Å². The van der Waals surface area contributed by atoms with Gasteiger partial charge in [-0.05, 0) is 31.2 Å². The number of nitrogens with one attached hydrogen (secondary N) is 1. The molecular formula is C15H12BrN3S. The van der Waals surface area contributed by atoms with Crippen LogP contribution >= 0.6 is 27.3 Å². The van der Waals surface area contributed by atoms with E-state index in [4.69, 9.17) is 0 Å². The maximum Gasteiger partial charge on any atom is 0.188 e.